The largest absolute Gasteiger partial charge is 0.423 e. The van der Waals surface area contributed by atoms with Crippen LogP contribution < -0.4 is 4.74 Å². The van der Waals surface area contributed by atoms with E-state index in [0.29, 0.717) is 27.3 Å². The van der Waals surface area contributed by atoms with E-state index in [4.69, 9.17) is 27.9 Å². The van der Waals surface area contributed by atoms with Crippen molar-refractivity contribution in [1.29, 1.82) is 0 Å². The van der Waals surface area contributed by atoms with Crippen molar-refractivity contribution >= 4 is 29.2 Å². The lowest BCUT2D eigenvalue weighted by Crippen LogP contribution is -2.25. The van der Waals surface area contributed by atoms with E-state index in [-0.39, 0.29) is 0 Å². The highest BCUT2D eigenvalue weighted by Gasteiger charge is 2.31. The van der Waals surface area contributed by atoms with Crippen LogP contribution in [0.25, 0.3) is 0 Å². The second-order valence-electron chi connectivity index (χ2n) is 9.77. The Morgan fingerprint density at radius 2 is 1.47 bits per heavy atom. The molecule has 4 rings (SSSR count). The lowest BCUT2D eigenvalue weighted by atomic mass is 9.68. The second kappa shape index (κ2) is 11.1. The number of hydrogen-bond donors (Lipinski definition) is 0. The van der Waals surface area contributed by atoms with Crippen LogP contribution in [0.5, 0.6) is 5.75 Å². The van der Waals surface area contributed by atoms with Crippen LogP contribution in [0.3, 0.4) is 0 Å². The van der Waals surface area contributed by atoms with Gasteiger partial charge >= 0.3 is 5.97 Å². The minimum atomic E-state index is -0.425. The zero-order chi connectivity index (χ0) is 22.5. The van der Waals surface area contributed by atoms with Crippen molar-refractivity contribution in [1.82, 2.24) is 0 Å². The molecule has 172 valence electrons. The van der Waals surface area contributed by atoms with Gasteiger partial charge < -0.3 is 4.74 Å². The normalized spacial score (nSPS) is 26.0. The van der Waals surface area contributed by atoms with Gasteiger partial charge in [0.25, 0.3) is 0 Å². The van der Waals surface area contributed by atoms with Gasteiger partial charge in [-0.1, -0.05) is 67.9 Å². The second-order valence-corrected chi connectivity index (χ2v) is 10.6. The third kappa shape index (κ3) is 5.88. The van der Waals surface area contributed by atoms with E-state index in [2.05, 4.69) is 19.1 Å². The average molecular weight is 473 g/mol. The minimum Gasteiger partial charge on any atom is -0.423 e. The molecule has 2 aromatic rings. The molecule has 0 amide bonds. The van der Waals surface area contributed by atoms with E-state index in [1.54, 1.807) is 12.1 Å². The Labute approximate surface area is 202 Å². The van der Waals surface area contributed by atoms with Crippen LogP contribution in [0.2, 0.25) is 10.0 Å². The SMILES string of the molecule is CCC[C@H]1CC[C@H]([C@H]2CC[C@H](c3ccc(OC(=O)c4ccc(Cl)c(Cl)c4)cc3)CC2)CC1. The summed E-state index contributed by atoms with van der Waals surface area (Å²) in [5.41, 5.74) is 1.76. The predicted octanol–water partition coefficient (Wildman–Crippen LogP) is 9.09. The molecule has 0 radical (unpaired) electrons. The summed E-state index contributed by atoms with van der Waals surface area (Å²) < 4.78 is 5.52. The zero-order valence-corrected chi connectivity index (χ0v) is 20.5. The predicted molar refractivity (Wildman–Crippen MR) is 133 cm³/mol. The molecule has 4 heteroatoms. The Morgan fingerprint density at radius 3 is 2.06 bits per heavy atom. The highest BCUT2D eigenvalue weighted by Crippen LogP contribution is 2.44. The summed E-state index contributed by atoms with van der Waals surface area (Å²) in [7, 11) is 0. The number of ether oxygens (including phenoxy) is 1. The summed E-state index contributed by atoms with van der Waals surface area (Å²) in [6.45, 7) is 2.32. The number of carbonyl (C=O) groups is 1. The van der Waals surface area contributed by atoms with Crippen molar-refractivity contribution in [2.24, 2.45) is 17.8 Å². The summed E-state index contributed by atoms with van der Waals surface area (Å²) >= 11 is 11.9. The van der Waals surface area contributed by atoms with Gasteiger partial charge in [-0.15, -0.1) is 0 Å². The third-order valence-corrected chi connectivity index (χ3v) is 8.48. The van der Waals surface area contributed by atoms with Gasteiger partial charge in [0, 0.05) is 0 Å². The molecule has 2 fully saturated rings. The highest BCUT2D eigenvalue weighted by molar-refractivity contribution is 6.42. The Hall–Kier alpha value is -1.51. The molecule has 0 unspecified atom stereocenters. The molecule has 0 aromatic heterocycles. The van der Waals surface area contributed by atoms with Gasteiger partial charge in [-0.2, -0.15) is 0 Å². The topological polar surface area (TPSA) is 26.3 Å². The van der Waals surface area contributed by atoms with Crippen LogP contribution in [0.4, 0.5) is 0 Å². The van der Waals surface area contributed by atoms with Gasteiger partial charge in [0.15, 0.2) is 0 Å². The first-order chi connectivity index (χ1) is 15.5. The Morgan fingerprint density at radius 1 is 0.844 bits per heavy atom. The van der Waals surface area contributed by atoms with Crippen LogP contribution in [0.15, 0.2) is 42.5 Å². The lowest BCUT2D eigenvalue weighted by Gasteiger charge is -2.38. The Bertz CT molecular complexity index is 892. The van der Waals surface area contributed by atoms with Crippen molar-refractivity contribution in [3.05, 3.63) is 63.6 Å². The molecule has 0 heterocycles. The highest BCUT2D eigenvalue weighted by atomic mass is 35.5. The molecular weight excluding hydrogens is 439 g/mol. The first-order valence-electron chi connectivity index (χ1n) is 12.3. The molecule has 2 aliphatic carbocycles. The Kier molecular flexibility index (Phi) is 8.18. The van der Waals surface area contributed by atoms with Crippen LogP contribution in [-0.2, 0) is 0 Å². The summed E-state index contributed by atoms with van der Waals surface area (Å²) in [6, 6.07) is 12.8. The zero-order valence-electron chi connectivity index (χ0n) is 19.0. The van der Waals surface area contributed by atoms with Gasteiger partial charge in [0.05, 0.1) is 15.6 Å². The summed E-state index contributed by atoms with van der Waals surface area (Å²) in [5.74, 6) is 3.65. The van der Waals surface area contributed by atoms with E-state index >= 15 is 0 Å². The number of hydrogen-bond acceptors (Lipinski definition) is 2. The molecule has 0 N–H and O–H groups in total. The summed E-state index contributed by atoms with van der Waals surface area (Å²) in [4.78, 5) is 12.4. The number of esters is 1. The van der Waals surface area contributed by atoms with E-state index in [1.807, 2.05) is 12.1 Å². The number of benzene rings is 2. The first kappa shape index (κ1) is 23.6. The average Bonchev–Trinajstić information content (AvgIpc) is 2.82. The smallest absolute Gasteiger partial charge is 0.343 e. The molecule has 0 spiro atoms. The maximum absolute atomic E-state index is 12.4. The molecule has 2 aromatic carbocycles. The maximum Gasteiger partial charge on any atom is 0.343 e. The first-order valence-corrected chi connectivity index (χ1v) is 13.1. The quantitative estimate of drug-likeness (QED) is 0.309. The van der Waals surface area contributed by atoms with E-state index in [1.165, 1.54) is 75.8 Å². The van der Waals surface area contributed by atoms with Crippen molar-refractivity contribution < 1.29 is 9.53 Å². The van der Waals surface area contributed by atoms with Crippen molar-refractivity contribution in [2.45, 2.75) is 77.0 Å². The number of rotatable bonds is 6. The minimum absolute atomic E-state index is 0.348. The molecule has 2 nitrogen and oxygen atoms in total. The molecule has 2 saturated carbocycles. The fourth-order valence-corrected chi connectivity index (χ4v) is 6.18. The molecule has 32 heavy (non-hydrogen) atoms. The molecule has 0 saturated heterocycles. The third-order valence-electron chi connectivity index (χ3n) is 7.74. The van der Waals surface area contributed by atoms with Gasteiger partial charge in [0.1, 0.15) is 5.75 Å². The van der Waals surface area contributed by atoms with Gasteiger partial charge in [-0.05, 0) is 98.1 Å². The van der Waals surface area contributed by atoms with Crippen LogP contribution >= 0.6 is 23.2 Å². The van der Waals surface area contributed by atoms with E-state index < -0.39 is 5.97 Å². The molecular formula is C28H34Cl2O2. The van der Waals surface area contributed by atoms with Crippen molar-refractivity contribution in [2.75, 3.05) is 0 Å². The van der Waals surface area contributed by atoms with Crippen LogP contribution in [0, 0.1) is 17.8 Å². The van der Waals surface area contributed by atoms with Gasteiger partial charge in [0.2, 0.25) is 0 Å². The van der Waals surface area contributed by atoms with Crippen LogP contribution in [0.1, 0.15) is 93.0 Å². The summed E-state index contributed by atoms with van der Waals surface area (Å²) in [6.07, 6.45) is 13.9. The van der Waals surface area contributed by atoms with Crippen molar-refractivity contribution in [3.8, 4) is 5.75 Å². The maximum atomic E-state index is 12.4. The summed E-state index contributed by atoms with van der Waals surface area (Å²) in [5, 5.41) is 0.771. The lowest BCUT2D eigenvalue weighted by molar-refractivity contribution is 0.0734. The van der Waals surface area contributed by atoms with Crippen LogP contribution in [-0.4, -0.2) is 5.97 Å². The number of carbonyl (C=O) groups excluding carboxylic acids is 1. The number of halogens is 2. The monoisotopic (exact) mass is 472 g/mol. The van der Waals surface area contributed by atoms with E-state index in [0.717, 1.165) is 17.8 Å². The molecule has 0 bridgehead atoms. The molecule has 0 aliphatic heterocycles. The fourth-order valence-electron chi connectivity index (χ4n) is 5.88. The van der Waals surface area contributed by atoms with Crippen molar-refractivity contribution in [3.63, 3.8) is 0 Å². The molecule has 0 atom stereocenters. The standard InChI is InChI=1S/C28H34Cl2O2/c1-2-3-19-4-6-20(7-5-19)21-8-10-22(11-9-21)23-12-15-25(16-13-23)32-28(31)24-14-17-26(29)27(30)18-24/h12-22H,2-11H2,1H3/t19-,20-,21-,22-. The van der Waals surface area contributed by atoms with Gasteiger partial charge in [-0.25, -0.2) is 4.79 Å². The van der Waals surface area contributed by atoms with E-state index in [9.17, 15) is 4.79 Å². The Balaban J connectivity index is 1.27. The van der Waals surface area contributed by atoms with Gasteiger partial charge in [-0.3, -0.25) is 0 Å². The molecule has 2 aliphatic rings. The fraction of sp³-hybridized carbons (Fsp3) is 0.536.